The van der Waals surface area contributed by atoms with Gasteiger partial charge in [-0.05, 0) is 44.3 Å². The van der Waals surface area contributed by atoms with E-state index in [0.29, 0.717) is 6.42 Å². The van der Waals surface area contributed by atoms with Crippen molar-refractivity contribution >= 4 is 11.8 Å². The van der Waals surface area contributed by atoms with E-state index in [-0.39, 0.29) is 30.3 Å². The first-order chi connectivity index (χ1) is 11.6. The Balaban J connectivity index is 1.76. The van der Waals surface area contributed by atoms with Gasteiger partial charge >= 0.3 is 5.97 Å². The van der Waals surface area contributed by atoms with Crippen molar-refractivity contribution in [3.63, 3.8) is 0 Å². The van der Waals surface area contributed by atoms with Gasteiger partial charge < -0.3 is 9.84 Å². The quantitative estimate of drug-likeness (QED) is 0.266. The monoisotopic (exact) mass is 332 g/mol. The summed E-state index contributed by atoms with van der Waals surface area (Å²) in [6.07, 6.45) is 17.3. The molecule has 1 fully saturated rings. The van der Waals surface area contributed by atoms with Crippen LogP contribution in [0.4, 0.5) is 0 Å². The number of allylic oxidation sites excluding steroid dienone is 5. The summed E-state index contributed by atoms with van der Waals surface area (Å²) in [4.78, 5) is 22.5. The third-order valence-corrected chi connectivity index (χ3v) is 4.54. The fourth-order valence-corrected chi connectivity index (χ4v) is 3.04. The lowest BCUT2D eigenvalue weighted by molar-refractivity contribution is -0.137. The van der Waals surface area contributed by atoms with Gasteiger partial charge in [0.15, 0.2) is 5.78 Å². The fourth-order valence-electron chi connectivity index (χ4n) is 3.04. The van der Waals surface area contributed by atoms with Gasteiger partial charge in [-0.15, -0.1) is 0 Å². The molecule has 0 saturated carbocycles. The molecule has 0 aromatic rings. The first kappa shape index (κ1) is 18.7. The summed E-state index contributed by atoms with van der Waals surface area (Å²) in [6, 6.07) is 0. The maximum absolute atomic E-state index is 12.0. The Kier molecular flexibility index (Phi) is 7.44. The summed E-state index contributed by atoms with van der Waals surface area (Å²) in [7, 11) is 0. The summed E-state index contributed by atoms with van der Waals surface area (Å²) in [5.74, 6) is -0.533. The molecule has 3 atom stereocenters. The number of aliphatic carboxylic acids is 1. The van der Waals surface area contributed by atoms with Crippen LogP contribution in [0.2, 0.25) is 0 Å². The van der Waals surface area contributed by atoms with Crippen LogP contribution < -0.4 is 0 Å². The molecular weight excluding hydrogens is 304 g/mol. The van der Waals surface area contributed by atoms with Gasteiger partial charge in [-0.25, -0.2) is 0 Å². The van der Waals surface area contributed by atoms with E-state index < -0.39 is 5.97 Å². The van der Waals surface area contributed by atoms with Crippen molar-refractivity contribution in [1.29, 1.82) is 0 Å². The largest absolute Gasteiger partial charge is 0.481 e. The molecule has 1 aliphatic carbocycles. The second-order valence-corrected chi connectivity index (χ2v) is 6.58. The number of carbonyl (C=O) groups is 2. The second-order valence-electron chi connectivity index (χ2n) is 6.58. The Hall–Kier alpha value is -1.68. The van der Waals surface area contributed by atoms with Gasteiger partial charge in [-0.3, -0.25) is 9.59 Å². The van der Waals surface area contributed by atoms with Crippen molar-refractivity contribution in [2.75, 3.05) is 0 Å². The summed E-state index contributed by atoms with van der Waals surface area (Å²) in [5.41, 5.74) is 0.832. The highest BCUT2D eigenvalue weighted by atomic mass is 16.6. The minimum absolute atomic E-state index is 0.0197. The third-order valence-electron chi connectivity index (χ3n) is 4.54. The van der Waals surface area contributed by atoms with Crippen molar-refractivity contribution in [2.45, 2.75) is 70.5 Å². The van der Waals surface area contributed by atoms with Crippen LogP contribution in [0.15, 0.2) is 36.0 Å². The summed E-state index contributed by atoms with van der Waals surface area (Å²) in [6.45, 7) is 2.20. The lowest BCUT2D eigenvalue weighted by Gasteiger charge is -2.06. The van der Waals surface area contributed by atoms with Crippen molar-refractivity contribution in [3.8, 4) is 0 Å². The molecule has 4 nitrogen and oxygen atoms in total. The zero-order valence-electron chi connectivity index (χ0n) is 14.4. The number of rotatable bonds is 11. The molecule has 0 spiro atoms. The summed E-state index contributed by atoms with van der Waals surface area (Å²) < 4.78 is 5.56. The smallest absolute Gasteiger partial charge is 0.303 e. The van der Waals surface area contributed by atoms with E-state index in [1.807, 2.05) is 12.2 Å². The molecule has 4 heteroatoms. The highest BCUT2D eigenvalue weighted by molar-refractivity contribution is 6.07. The van der Waals surface area contributed by atoms with Crippen LogP contribution in [0.25, 0.3) is 0 Å². The molecule has 1 N–H and O–H groups in total. The number of carbonyl (C=O) groups excluding carboxylic acids is 1. The van der Waals surface area contributed by atoms with Crippen molar-refractivity contribution in [2.24, 2.45) is 5.92 Å². The lowest BCUT2D eigenvalue weighted by atomic mass is 9.96. The van der Waals surface area contributed by atoms with Crippen LogP contribution in [0, 0.1) is 5.92 Å². The molecule has 2 aliphatic rings. The Morgan fingerprint density at radius 3 is 2.88 bits per heavy atom. The Morgan fingerprint density at radius 1 is 1.29 bits per heavy atom. The number of ether oxygens (including phenoxy) is 1. The molecule has 132 valence electrons. The van der Waals surface area contributed by atoms with Crippen molar-refractivity contribution < 1.29 is 19.4 Å². The summed E-state index contributed by atoms with van der Waals surface area (Å²) in [5, 5.41) is 8.65. The molecule has 2 rings (SSSR count). The molecule has 24 heavy (non-hydrogen) atoms. The predicted octanol–water partition coefficient (Wildman–Crippen LogP) is 4.22. The van der Waals surface area contributed by atoms with Crippen LogP contribution in [-0.2, 0) is 14.3 Å². The lowest BCUT2D eigenvalue weighted by Crippen LogP contribution is -2.05. The van der Waals surface area contributed by atoms with Crippen LogP contribution >= 0.6 is 0 Å². The average Bonchev–Trinajstić information content (AvgIpc) is 3.19. The van der Waals surface area contributed by atoms with Gasteiger partial charge in [-0.2, -0.15) is 0 Å². The van der Waals surface area contributed by atoms with Gasteiger partial charge in [0.25, 0.3) is 0 Å². The predicted molar refractivity (Wildman–Crippen MR) is 93.8 cm³/mol. The molecule has 0 bridgehead atoms. The van der Waals surface area contributed by atoms with Crippen LogP contribution in [0.3, 0.4) is 0 Å². The molecule has 0 amide bonds. The minimum atomic E-state index is -0.772. The maximum Gasteiger partial charge on any atom is 0.303 e. The highest BCUT2D eigenvalue weighted by Crippen LogP contribution is 2.33. The Labute approximate surface area is 144 Å². The van der Waals surface area contributed by atoms with E-state index in [0.717, 1.165) is 24.8 Å². The first-order valence-electron chi connectivity index (χ1n) is 9.08. The standard InChI is InChI=1S/C20H28O4/c1-2-3-4-5-6-7-9-15-12-13-17(21)16(15)14-19-18(24-19)10-8-11-20(22)23/h6-7,12-15,18-19H,2-5,8-11H2,1H3,(H,22,23)/b7-6-,16-14+/t15-,18?,19?/m0/s1. The average molecular weight is 332 g/mol. The maximum atomic E-state index is 12.0. The van der Waals surface area contributed by atoms with E-state index in [2.05, 4.69) is 19.1 Å². The number of hydrogen-bond donors (Lipinski definition) is 1. The Morgan fingerprint density at radius 2 is 2.12 bits per heavy atom. The molecule has 1 saturated heterocycles. The summed E-state index contributed by atoms with van der Waals surface area (Å²) >= 11 is 0. The number of carboxylic acids is 1. The van der Waals surface area contributed by atoms with Gasteiger partial charge in [0.2, 0.25) is 0 Å². The van der Waals surface area contributed by atoms with Crippen molar-refractivity contribution in [1.82, 2.24) is 0 Å². The number of carboxylic acid groups (broad SMARTS) is 1. The Bertz CT molecular complexity index is 530. The zero-order chi connectivity index (χ0) is 17.4. The van der Waals surface area contributed by atoms with E-state index in [1.54, 1.807) is 6.08 Å². The van der Waals surface area contributed by atoms with E-state index in [1.165, 1.54) is 19.3 Å². The molecule has 0 aromatic heterocycles. The van der Waals surface area contributed by atoms with Gasteiger partial charge in [0.1, 0.15) is 6.10 Å². The SMILES string of the molecule is CCCCC/C=C\C[C@H]1C=CC(=O)/C1=C/C1OC1CCCC(=O)O. The molecule has 0 aromatic carbocycles. The molecule has 2 unspecified atom stereocenters. The van der Waals surface area contributed by atoms with Crippen LogP contribution in [0.5, 0.6) is 0 Å². The third kappa shape index (κ3) is 6.08. The number of hydrogen-bond acceptors (Lipinski definition) is 3. The van der Waals surface area contributed by atoms with Gasteiger partial charge in [-0.1, -0.05) is 38.0 Å². The normalized spacial score (nSPS) is 27.5. The van der Waals surface area contributed by atoms with Crippen LogP contribution in [-0.4, -0.2) is 29.1 Å². The second kappa shape index (κ2) is 9.58. The van der Waals surface area contributed by atoms with Crippen molar-refractivity contribution in [3.05, 3.63) is 36.0 Å². The van der Waals surface area contributed by atoms with Crippen LogP contribution in [0.1, 0.15) is 58.3 Å². The first-order valence-corrected chi connectivity index (χ1v) is 9.08. The fraction of sp³-hybridized carbons (Fsp3) is 0.600. The number of epoxide rings is 1. The van der Waals surface area contributed by atoms with E-state index >= 15 is 0 Å². The topological polar surface area (TPSA) is 66.9 Å². The van der Waals surface area contributed by atoms with E-state index in [4.69, 9.17) is 9.84 Å². The number of unbranched alkanes of at least 4 members (excludes halogenated alkanes) is 3. The van der Waals surface area contributed by atoms with Gasteiger partial charge in [0, 0.05) is 17.9 Å². The minimum Gasteiger partial charge on any atom is -0.481 e. The molecule has 1 heterocycles. The molecule has 1 aliphatic heterocycles. The zero-order valence-corrected chi connectivity index (χ0v) is 14.4. The molecule has 0 radical (unpaired) electrons. The van der Waals surface area contributed by atoms with E-state index in [9.17, 15) is 9.59 Å². The van der Waals surface area contributed by atoms with Gasteiger partial charge in [0.05, 0.1) is 6.10 Å². The highest BCUT2D eigenvalue weighted by Gasteiger charge is 2.38. The number of ketones is 1. The molecular formula is C20H28O4.